The van der Waals surface area contributed by atoms with Crippen LogP contribution in [0.5, 0.6) is 11.5 Å². The molecule has 26 heavy (non-hydrogen) atoms. The second kappa shape index (κ2) is 7.04. The number of carbonyl (C=O) groups excluding carboxylic acids is 1. The number of hydrogen-bond donors (Lipinski definition) is 2. The Morgan fingerprint density at radius 2 is 1.85 bits per heavy atom. The number of likely N-dealkylation sites (N-methyl/N-ethyl adjacent to an activating group) is 1. The molecule has 1 aromatic heterocycles. The highest BCUT2D eigenvalue weighted by Crippen LogP contribution is 2.34. The molecular weight excluding hydrogens is 336 g/mol. The molecule has 9 nitrogen and oxygen atoms in total. The fourth-order valence-electron chi connectivity index (χ4n) is 2.88. The monoisotopic (exact) mass is 356 g/mol. The van der Waals surface area contributed by atoms with Crippen LogP contribution >= 0.6 is 0 Å². The normalized spacial score (nSPS) is 16.4. The van der Waals surface area contributed by atoms with E-state index in [-0.39, 0.29) is 12.8 Å². The first kappa shape index (κ1) is 16.4. The van der Waals surface area contributed by atoms with Crippen LogP contribution in [-0.4, -0.2) is 60.9 Å². The van der Waals surface area contributed by atoms with Crippen molar-refractivity contribution in [1.82, 2.24) is 14.9 Å². The van der Waals surface area contributed by atoms with Crippen LogP contribution in [0.2, 0.25) is 0 Å². The van der Waals surface area contributed by atoms with Crippen LogP contribution in [-0.2, 0) is 0 Å². The standard InChI is InChI=1S/C17H20N6O3/c1-22-4-6-23(7-5-22)16-9-15(18-10-19-16)21-17(24)20-12-2-3-13-14(8-12)26-11-25-13/h2-3,8-10H,4-7,11H2,1H3,(H2,18,19,20,21,24). The van der Waals surface area contributed by atoms with Crippen molar-refractivity contribution in [1.29, 1.82) is 0 Å². The number of amides is 2. The molecule has 9 heteroatoms. The van der Waals surface area contributed by atoms with Crippen LogP contribution in [0.4, 0.5) is 22.1 Å². The molecule has 0 radical (unpaired) electrons. The molecule has 1 saturated heterocycles. The van der Waals surface area contributed by atoms with Gasteiger partial charge in [-0.05, 0) is 19.2 Å². The van der Waals surface area contributed by atoms with Crippen LogP contribution in [0.25, 0.3) is 0 Å². The van der Waals surface area contributed by atoms with E-state index in [1.807, 2.05) is 0 Å². The second-order valence-electron chi connectivity index (χ2n) is 6.20. The number of rotatable bonds is 3. The molecule has 1 aromatic carbocycles. The molecule has 2 aliphatic heterocycles. The quantitative estimate of drug-likeness (QED) is 0.863. The summed E-state index contributed by atoms with van der Waals surface area (Å²) < 4.78 is 10.6. The maximum atomic E-state index is 12.2. The SMILES string of the molecule is CN1CCN(c2cc(NC(=O)Nc3ccc4c(c3)OCO4)ncn2)CC1. The van der Waals surface area contributed by atoms with Crippen molar-refractivity contribution >= 4 is 23.4 Å². The summed E-state index contributed by atoms with van der Waals surface area (Å²) in [6.07, 6.45) is 1.46. The number of fused-ring (bicyclic) bond motifs is 1. The number of nitrogens with zero attached hydrogens (tertiary/aromatic N) is 4. The van der Waals surface area contributed by atoms with Gasteiger partial charge in [0.15, 0.2) is 11.5 Å². The molecule has 3 heterocycles. The third-order valence-electron chi connectivity index (χ3n) is 4.35. The predicted molar refractivity (Wildman–Crippen MR) is 96.9 cm³/mol. The van der Waals surface area contributed by atoms with Gasteiger partial charge in [0, 0.05) is 44.0 Å². The van der Waals surface area contributed by atoms with E-state index in [2.05, 4.69) is 37.4 Å². The molecule has 136 valence electrons. The number of anilines is 3. The van der Waals surface area contributed by atoms with Crippen LogP contribution in [0, 0.1) is 0 Å². The first-order chi connectivity index (χ1) is 12.7. The number of nitrogens with one attached hydrogen (secondary N) is 2. The number of aromatic nitrogens is 2. The molecule has 0 atom stereocenters. The Morgan fingerprint density at radius 3 is 2.69 bits per heavy atom. The minimum Gasteiger partial charge on any atom is -0.454 e. The number of hydrogen-bond acceptors (Lipinski definition) is 7. The fraction of sp³-hybridized carbons (Fsp3) is 0.353. The summed E-state index contributed by atoms with van der Waals surface area (Å²) in [6, 6.07) is 6.63. The zero-order valence-electron chi connectivity index (χ0n) is 14.4. The summed E-state index contributed by atoms with van der Waals surface area (Å²) in [7, 11) is 2.10. The van der Waals surface area contributed by atoms with Crippen molar-refractivity contribution in [3.63, 3.8) is 0 Å². The Bertz CT molecular complexity index is 807. The van der Waals surface area contributed by atoms with Gasteiger partial charge in [-0.25, -0.2) is 14.8 Å². The highest BCUT2D eigenvalue weighted by atomic mass is 16.7. The Morgan fingerprint density at radius 1 is 1.04 bits per heavy atom. The molecule has 0 aliphatic carbocycles. The van der Waals surface area contributed by atoms with Crippen LogP contribution in [0.1, 0.15) is 0 Å². The Labute approximate surface area is 150 Å². The van der Waals surface area contributed by atoms with Gasteiger partial charge in [0.2, 0.25) is 6.79 Å². The van der Waals surface area contributed by atoms with E-state index in [1.165, 1.54) is 6.33 Å². The number of piperazine rings is 1. The van der Waals surface area contributed by atoms with Gasteiger partial charge in [-0.2, -0.15) is 0 Å². The molecule has 2 aliphatic rings. The minimum atomic E-state index is -0.383. The lowest BCUT2D eigenvalue weighted by Crippen LogP contribution is -2.44. The fourth-order valence-corrected chi connectivity index (χ4v) is 2.88. The largest absolute Gasteiger partial charge is 0.454 e. The van der Waals surface area contributed by atoms with Crippen LogP contribution in [0.3, 0.4) is 0 Å². The molecule has 2 aromatic rings. The van der Waals surface area contributed by atoms with Crippen molar-refractivity contribution in [3.05, 3.63) is 30.6 Å². The van der Waals surface area contributed by atoms with E-state index < -0.39 is 0 Å². The van der Waals surface area contributed by atoms with Gasteiger partial charge in [0.25, 0.3) is 0 Å². The molecule has 1 fully saturated rings. The molecule has 2 amide bonds. The summed E-state index contributed by atoms with van der Waals surface area (Å²) >= 11 is 0. The number of urea groups is 1. The number of ether oxygens (including phenoxy) is 2. The van der Waals surface area contributed by atoms with Crippen molar-refractivity contribution in [2.24, 2.45) is 0 Å². The van der Waals surface area contributed by atoms with Gasteiger partial charge in [0.05, 0.1) is 0 Å². The van der Waals surface area contributed by atoms with Gasteiger partial charge in [-0.15, -0.1) is 0 Å². The maximum Gasteiger partial charge on any atom is 0.324 e. The first-order valence-corrected chi connectivity index (χ1v) is 8.40. The average molecular weight is 356 g/mol. The lowest BCUT2D eigenvalue weighted by Gasteiger charge is -2.33. The van der Waals surface area contributed by atoms with Crippen LogP contribution in [0.15, 0.2) is 30.6 Å². The van der Waals surface area contributed by atoms with E-state index in [4.69, 9.17) is 9.47 Å². The Balaban J connectivity index is 1.39. The van der Waals surface area contributed by atoms with Crippen molar-refractivity contribution < 1.29 is 14.3 Å². The van der Waals surface area contributed by atoms with E-state index >= 15 is 0 Å². The summed E-state index contributed by atoms with van der Waals surface area (Å²) in [6.45, 7) is 3.96. The summed E-state index contributed by atoms with van der Waals surface area (Å²) in [4.78, 5) is 25.1. The van der Waals surface area contributed by atoms with Crippen LogP contribution < -0.4 is 25.0 Å². The third-order valence-corrected chi connectivity index (χ3v) is 4.35. The number of benzene rings is 1. The minimum absolute atomic E-state index is 0.195. The smallest absolute Gasteiger partial charge is 0.324 e. The Kier molecular flexibility index (Phi) is 4.44. The maximum absolute atomic E-state index is 12.2. The highest BCUT2D eigenvalue weighted by Gasteiger charge is 2.17. The van der Waals surface area contributed by atoms with Crippen molar-refractivity contribution in [2.75, 3.05) is 55.6 Å². The lowest BCUT2D eigenvalue weighted by atomic mass is 10.3. The van der Waals surface area contributed by atoms with E-state index in [9.17, 15) is 4.79 Å². The van der Waals surface area contributed by atoms with Crippen molar-refractivity contribution in [2.45, 2.75) is 0 Å². The lowest BCUT2D eigenvalue weighted by molar-refractivity contribution is 0.174. The van der Waals surface area contributed by atoms with E-state index in [0.717, 1.165) is 32.0 Å². The van der Waals surface area contributed by atoms with Gasteiger partial charge < -0.3 is 24.6 Å². The average Bonchev–Trinajstić information content (AvgIpc) is 3.10. The predicted octanol–water partition coefficient (Wildman–Crippen LogP) is 1.60. The van der Waals surface area contributed by atoms with Gasteiger partial charge in [-0.3, -0.25) is 5.32 Å². The molecule has 2 N–H and O–H groups in total. The summed E-state index contributed by atoms with van der Waals surface area (Å²) in [5, 5.41) is 5.49. The molecule has 0 saturated carbocycles. The third kappa shape index (κ3) is 3.62. The summed E-state index contributed by atoms with van der Waals surface area (Å²) in [5.41, 5.74) is 0.611. The van der Waals surface area contributed by atoms with Gasteiger partial charge in [-0.1, -0.05) is 0 Å². The second-order valence-corrected chi connectivity index (χ2v) is 6.20. The van der Waals surface area contributed by atoms with Gasteiger partial charge >= 0.3 is 6.03 Å². The Hall–Kier alpha value is -3.07. The molecule has 0 spiro atoms. The zero-order valence-corrected chi connectivity index (χ0v) is 14.4. The zero-order chi connectivity index (χ0) is 17.9. The summed E-state index contributed by atoms with van der Waals surface area (Å²) in [5.74, 6) is 2.55. The molecular formula is C17H20N6O3. The number of carbonyl (C=O) groups is 1. The highest BCUT2D eigenvalue weighted by molar-refractivity contribution is 5.99. The molecule has 0 bridgehead atoms. The van der Waals surface area contributed by atoms with E-state index in [0.29, 0.717) is 23.0 Å². The topological polar surface area (TPSA) is 91.9 Å². The van der Waals surface area contributed by atoms with Gasteiger partial charge in [0.1, 0.15) is 18.0 Å². The van der Waals surface area contributed by atoms with Crippen molar-refractivity contribution in [3.8, 4) is 11.5 Å². The van der Waals surface area contributed by atoms with E-state index in [1.54, 1.807) is 24.3 Å². The molecule has 0 unspecified atom stereocenters. The molecule has 4 rings (SSSR count). The first-order valence-electron chi connectivity index (χ1n) is 8.40.